The summed E-state index contributed by atoms with van der Waals surface area (Å²) in [6.07, 6.45) is 0. The average Bonchev–Trinajstić information content (AvgIpc) is 2.59. The minimum absolute atomic E-state index is 0.0513. The molecule has 0 spiro atoms. The van der Waals surface area contributed by atoms with E-state index in [9.17, 15) is 13.6 Å². The summed E-state index contributed by atoms with van der Waals surface area (Å²) in [5, 5.41) is 3.92. The molecule has 1 N–H and O–H groups in total. The molecule has 0 aliphatic rings. The smallest absolute Gasteiger partial charge is 0.387 e. The Balaban J connectivity index is 1.69. The fraction of sp³-hybridized carbons (Fsp3) is 0.111. The minimum atomic E-state index is -2.88. The number of rotatable bonds is 5. The van der Waals surface area contributed by atoms with Crippen LogP contribution in [-0.2, 0) is 6.54 Å². The van der Waals surface area contributed by atoms with E-state index >= 15 is 0 Å². The zero-order valence-electron chi connectivity index (χ0n) is 12.9. The molecule has 3 rings (SSSR count). The molecule has 0 aliphatic carbocycles. The van der Waals surface area contributed by atoms with Crippen molar-refractivity contribution in [3.8, 4) is 5.75 Å². The van der Waals surface area contributed by atoms with E-state index < -0.39 is 6.61 Å². The predicted octanol–water partition coefficient (Wildman–Crippen LogP) is 4.42. The van der Waals surface area contributed by atoms with Crippen molar-refractivity contribution >= 4 is 28.4 Å². The van der Waals surface area contributed by atoms with Crippen LogP contribution in [-0.4, -0.2) is 17.5 Å². The molecule has 25 heavy (non-hydrogen) atoms. The number of nitrogens with zero attached hydrogens (tertiary/aromatic N) is 1. The van der Waals surface area contributed by atoms with Gasteiger partial charge in [0.05, 0.1) is 5.52 Å². The zero-order valence-corrected chi connectivity index (χ0v) is 13.6. The molecular formula is C18H13ClF2N2O2. The number of benzene rings is 2. The number of fused-ring (bicyclic) bond motifs is 1. The number of aromatic nitrogens is 1. The Bertz CT molecular complexity index is 918. The van der Waals surface area contributed by atoms with Crippen LogP contribution in [0.15, 0.2) is 54.6 Å². The number of halogens is 3. The first kappa shape index (κ1) is 17.1. The van der Waals surface area contributed by atoms with Crippen LogP contribution in [0.1, 0.15) is 15.9 Å². The summed E-state index contributed by atoms with van der Waals surface area (Å²) < 4.78 is 28.8. The number of carbonyl (C=O) groups is 1. The standard InChI is InChI=1S/C18H13ClF2N2O2/c19-16-7-5-12-9-13(4-6-15(12)23-16)17(24)22-10-11-2-1-3-14(8-11)25-18(20)21/h1-9,18H,10H2,(H,22,24). The normalized spacial score (nSPS) is 10.9. The van der Waals surface area contributed by atoms with E-state index in [0.29, 0.717) is 21.8 Å². The number of amides is 1. The monoisotopic (exact) mass is 362 g/mol. The second-order valence-corrected chi connectivity index (χ2v) is 5.64. The summed E-state index contributed by atoms with van der Waals surface area (Å²) in [7, 11) is 0. The van der Waals surface area contributed by atoms with Crippen molar-refractivity contribution in [3.05, 3.63) is 70.9 Å². The van der Waals surface area contributed by atoms with Gasteiger partial charge in [0.15, 0.2) is 0 Å². The third kappa shape index (κ3) is 4.42. The molecule has 0 saturated heterocycles. The van der Waals surface area contributed by atoms with Crippen LogP contribution in [0, 0.1) is 0 Å². The van der Waals surface area contributed by atoms with Gasteiger partial charge in [0.25, 0.3) is 5.91 Å². The van der Waals surface area contributed by atoms with Crippen LogP contribution in [0.25, 0.3) is 10.9 Å². The molecule has 2 aromatic carbocycles. The number of carbonyl (C=O) groups excluding carboxylic acids is 1. The Morgan fingerprint density at radius 2 is 2.00 bits per heavy atom. The van der Waals surface area contributed by atoms with Crippen molar-refractivity contribution in [3.63, 3.8) is 0 Å². The molecule has 7 heteroatoms. The Morgan fingerprint density at radius 3 is 2.80 bits per heavy atom. The molecule has 0 atom stereocenters. The number of nitrogens with one attached hydrogen (secondary N) is 1. The highest BCUT2D eigenvalue weighted by Gasteiger charge is 2.08. The first-order valence-electron chi connectivity index (χ1n) is 7.39. The Morgan fingerprint density at radius 1 is 1.16 bits per heavy atom. The average molecular weight is 363 g/mol. The third-order valence-electron chi connectivity index (χ3n) is 3.49. The van der Waals surface area contributed by atoms with E-state index in [1.165, 1.54) is 12.1 Å². The van der Waals surface area contributed by atoms with Crippen LogP contribution in [0.2, 0.25) is 5.15 Å². The maximum atomic E-state index is 12.3. The van der Waals surface area contributed by atoms with Crippen LogP contribution >= 0.6 is 11.6 Å². The van der Waals surface area contributed by atoms with Crippen LogP contribution in [0.4, 0.5) is 8.78 Å². The fourth-order valence-electron chi connectivity index (χ4n) is 2.36. The number of pyridine rings is 1. The molecular weight excluding hydrogens is 350 g/mol. The van der Waals surface area contributed by atoms with Crippen molar-refractivity contribution in [2.45, 2.75) is 13.2 Å². The summed E-state index contributed by atoms with van der Waals surface area (Å²) in [6.45, 7) is -2.69. The highest BCUT2D eigenvalue weighted by molar-refractivity contribution is 6.29. The summed E-state index contributed by atoms with van der Waals surface area (Å²) in [5.41, 5.74) is 1.82. The van der Waals surface area contributed by atoms with Gasteiger partial charge in [-0.3, -0.25) is 4.79 Å². The first-order chi connectivity index (χ1) is 12.0. The minimum Gasteiger partial charge on any atom is -0.435 e. The molecule has 0 aliphatic heterocycles. The maximum absolute atomic E-state index is 12.3. The molecule has 1 amide bonds. The van der Waals surface area contributed by atoms with Crippen LogP contribution in [0.3, 0.4) is 0 Å². The van der Waals surface area contributed by atoms with E-state index in [2.05, 4.69) is 15.0 Å². The topological polar surface area (TPSA) is 51.2 Å². The molecule has 3 aromatic rings. The lowest BCUT2D eigenvalue weighted by molar-refractivity contribution is -0.0498. The van der Waals surface area contributed by atoms with Crippen LogP contribution in [0.5, 0.6) is 5.75 Å². The molecule has 0 bridgehead atoms. The molecule has 128 valence electrons. The van der Waals surface area contributed by atoms with Gasteiger partial charge in [-0.1, -0.05) is 23.7 Å². The molecule has 1 heterocycles. The van der Waals surface area contributed by atoms with Gasteiger partial charge >= 0.3 is 6.61 Å². The van der Waals surface area contributed by atoms with Crippen molar-refractivity contribution in [1.82, 2.24) is 10.3 Å². The summed E-state index contributed by atoms with van der Waals surface area (Å²) in [6, 6.07) is 14.7. The second-order valence-electron chi connectivity index (χ2n) is 5.25. The lowest BCUT2D eigenvalue weighted by Crippen LogP contribution is -2.22. The van der Waals surface area contributed by atoms with Crippen LogP contribution < -0.4 is 10.1 Å². The Kier molecular flexibility index (Phi) is 5.09. The largest absolute Gasteiger partial charge is 0.435 e. The molecule has 0 saturated carbocycles. The summed E-state index contributed by atoms with van der Waals surface area (Å²) in [4.78, 5) is 16.4. The second kappa shape index (κ2) is 7.44. The van der Waals surface area contributed by atoms with E-state index in [1.54, 1.807) is 42.5 Å². The number of hydrogen-bond donors (Lipinski definition) is 1. The molecule has 0 unspecified atom stereocenters. The highest BCUT2D eigenvalue weighted by Crippen LogP contribution is 2.18. The van der Waals surface area contributed by atoms with Crippen molar-refractivity contribution in [1.29, 1.82) is 0 Å². The molecule has 0 fully saturated rings. The van der Waals surface area contributed by atoms with E-state index in [1.807, 2.05) is 0 Å². The third-order valence-corrected chi connectivity index (χ3v) is 3.70. The van der Waals surface area contributed by atoms with E-state index in [0.717, 1.165) is 5.39 Å². The Hall–Kier alpha value is -2.73. The number of ether oxygens (including phenoxy) is 1. The number of hydrogen-bond acceptors (Lipinski definition) is 3. The first-order valence-corrected chi connectivity index (χ1v) is 7.77. The quantitative estimate of drug-likeness (QED) is 0.683. The number of alkyl halides is 2. The molecule has 4 nitrogen and oxygen atoms in total. The zero-order chi connectivity index (χ0) is 17.8. The van der Waals surface area contributed by atoms with E-state index in [-0.39, 0.29) is 18.2 Å². The van der Waals surface area contributed by atoms with Gasteiger partial charge in [0.2, 0.25) is 0 Å². The fourth-order valence-corrected chi connectivity index (χ4v) is 2.51. The van der Waals surface area contributed by atoms with Gasteiger partial charge in [-0.05, 0) is 48.0 Å². The summed E-state index contributed by atoms with van der Waals surface area (Å²) in [5.74, 6) is -0.229. The molecule has 1 aromatic heterocycles. The summed E-state index contributed by atoms with van der Waals surface area (Å²) >= 11 is 5.84. The molecule has 0 radical (unpaired) electrons. The Labute approximate surface area is 147 Å². The van der Waals surface area contributed by atoms with E-state index in [4.69, 9.17) is 11.6 Å². The highest BCUT2D eigenvalue weighted by atomic mass is 35.5. The van der Waals surface area contributed by atoms with Crippen molar-refractivity contribution in [2.75, 3.05) is 0 Å². The van der Waals surface area contributed by atoms with Gasteiger partial charge in [0.1, 0.15) is 10.9 Å². The van der Waals surface area contributed by atoms with Crippen molar-refractivity contribution < 1.29 is 18.3 Å². The maximum Gasteiger partial charge on any atom is 0.387 e. The van der Waals surface area contributed by atoms with Gasteiger partial charge in [0, 0.05) is 17.5 Å². The lowest BCUT2D eigenvalue weighted by atomic mass is 10.1. The van der Waals surface area contributed by atoms with Gasteiger partial charge < -0.3 is 10.1 Å². The SMILES string of the molecule is O=C(NCc1cccc(OC(F)F)c1)c1ccc2nc(Cl)ccc2c1. The lowest BCUT2D eigenvalue weighted by Gasteiger charge is -2.09. The predicted molar refractivity (Wildman–Crippen MR) is 91.0 cm³/mol. The van der Waals surface area contributed by atoms with Crippen molar-refractivity contribution in [2.24, 2.45) is 0 Å². The van der Waals surface area contributed by atoms with Gasteiger partial charge in [-0.2, -0.15) is 8.78 Å². The van der Waals surface area contributed by atoms with Gasteiger partial charge in [-0.15, -0.1) is 0 Å². The van der Waals surface area contributed by atoms with Gasteiger partial charge in [-0.25, -0.2) is 4.98 Å².